The fraction of sp³-hybridized carbons (Fsp3) is 0.250. The summed E-state index contributed by atoms with van der Waals surface area (Å²) in [6.45, 7) is 3.64. The second-order valence-corrected chi connectivity index (χ2v) is 1.05. The van der Waals surface area contributed by atoms with Crippen molar-refractivity contribution in [1.29, 1.82) is 0 Å². The summed E-state index contributed by atoms with van der Waals surface area (Å²) < 4.78 is 0. The van der Waals surface area contributed by atoms with Gasteiger partial charge in [0.2, 0.25) is 0 Å². The first-order chi connectivity index (χ1) is 3.00. The molecule has 1 heterocycles. The Hall–Kier alpha value is -0.340. The quantitative estimate of drug-likeness (QED) is 0.419. The molecule has 2 N–H and O–H groups in total. The topological polar surface area (TPSA) is 24.1 Å². The molecule has 0 saturated heterocycles. The molecule has 6 heavy (non-hydrogen) atoms. The molecule has 1 aliphatic heterocycles. The summed E-state index contributed by atoms with van der Waals surface area (Å²) in [6, 6.07) is 0. The number of hydrazine groups is 1. The molecular formula is C4H6N2. The van der Waals surface area contributed by atoms with E-state index in [0.29, 0.717) is 0 Å². The zero-order valence-electron chi connectivity index (χ0n) is 3.36. The molecule has 2 nitrogen and oxygen atoms in total. The Kier molecular flexibility index (Phi) is 1.25. The first kappa shape index (κ1) is 3.84. The molecule has 0 aromatic heterocycles. The molecule has 2 heteroatoms. The Balaban J connectivity index is 2.26. The number of rotatable bonds is 0. The lowest BCUT2D eigenvalue weighted by Gasteiger charge is -2.02. The van der Waals surface area contributed by atoms with Crippen LogP contribution in [0.2, 0.25) is 0 Å². The van der Waals surface area contributed by atoms with Gasteiger partial charge in [-0.3, -0.25) is 5.43 Å². The maximum atomic E-state index is 2.84. The highest BCUT2D eigenvalue weighted by Gasteiger charge is 1.83. The van der Waals surface area contributed by atoms with Crippen molar-refractivity contribution < 1.29 is 0 Å². The van der Waals surface area contributed by atoms with E-state index in [9.17, 15) is 0 Å². The molecule has 0 fully saturated rings. The number of hydrogen-bond acceptors (Lipinski definition) is 2. The minimum Gasteiger partial charge on any atom is -0.253 e. The van der Waals surface area contributed by atoms with Crippen LogP contribution in [0.25, 0.3) is 0 Å². The summed E-state index contributed by atoms with van der Waals surface area (Å²) in [5.74, 6) is 0. The van der Waals surface area contributed by atoms with Gasteiger partial charge < -0.3 is 0 Å². The highest BCUT2D eigenvalue weighted by atomic mass is 15.3. The van der Waals surface area contributed by atoms with Gasteiger partial charge in [0.25, 0.3) is 0 Å². The summed E-state index contributed by atoms with van der Waals surface area (Å²) in [4.78, 5) is 0. The monoisotopic (exact) mass is 82.1 g/mol. The molecule has 0 bridgehead atoms. The van der Waals surface area contributed by atoms with E-state index >= 15 is 0 Å². The Bertz CT molecular complexity index is 50.6. The van der Waals surface area contributed by atoms with Gasteiger partial charge in [-0.15, -0.1) is 0 Å². The van der Waals surface area contributed by atoms with Gasteiger partial charge in [-0.25, -0.2) is 5.43 Å². The molecule has 0 aromatic carbocycles. The van der Waals surface area contributed by atoms with Crippen LogP contribution in [0.3, 0.4) is 0 Å². The maximum Gasteiger partial charge on any atom is 0.101 e. The fourth-order valence-electron chi connectivity index (χ4n) is 0.321. The zero-order valence-corrected chi connectivity index (χ0v) is 3.36. The fourth-order valence-corrected chi connectivity index (χ4v) is 0.321. The Morgan fingerprint density at radius 2 is 2.67 bits per heavy atom. The highest BCUT2D eigenvalue weighted by Crippen LogP contribution is 1.76. The minimum absolute atomic E-state index is 0.896. The lowest BCUT2D eigenvalue weighted by atomic mass is 10.5. The third-order valence-electron chi connectivity index (χ3n) is 0.582. The van der Waals surface area contributed by atoms with Crippen LogP contribution in [0, 0.1) is 6.54 Å². The Labute approximate surface area is 37.2 Å². The van der Waals surface area contributed by atoms with Crippen molar-refractivity contribution in [1.82, 2.24) is 10.9 Å². The van der Waals surface area contributed by atoms with Crippen LogP contribution >= 0.6 is 0 Å². The molecule has 0 unspecified atom stereocenters. The summed E-state index contributed by atoms with van der Waals surface area (Å²) in [5, 5.41) is 0. The summed E-state index contributed by atoms with van der Waals surface area (Å²) in [5.41, 5.74) is 5.53. The molecule has 0 aliphatic carbocycles. The van der Waals surface area contributed by atoms with E-state index < -0.39 is 0 Å². The van der Waals surface area contributed by atoms with Crippen LogP contribution in [0.4, 0.5) is 0 Å². The van der Waals surface area contributed by atoms with Crippen molar-refractivity contribution in [3.8, 4) is 0 Å². The average molecular weight is 82.1 g/mol. The smallest absolute Gasteiger partial charge is 0.101 e. The van der Waals surface area contributed by atoms with E-state index in [4.69, 9.17) is 0 Å². The van der Waals surface area contributed by atoms with Gasteiger partial charge in [0.15, 0.2) is 0 Å². The summed E-state index contributed by atoms with van der Waals surface area (Å²) in [7, 11) is 0. The van der Waals surface area contributed by atoms with Crippen LogP contribution in [0.15, 0.2) is 12.2 Å². The number of hydrogen-bond donors (Lipinski definition) is 2. The van der Waals surface area contributed by atoms with Crippen molar-refractivity contribution in [3.63, 3.8) is 0 Å². The van der Waals surface area contributed by atoms with E-state index in [1.807, 2.05) is 12.2 Å². The second kappa shape index (κ2) is 1.95. The summed E-state index contributed by atoms with van der Waals surface area (Å²) >= 11 is 0. The molecule has 0 spiro atoms. The van der Waals surface area contributed by atoms with Gasteiger partial charge in [-0.1, -0.05) is 12.2 Å². The predicted molar refractivity (Wildman–Crippen MR) is 23.5 cm³/mol. The maximum absolute atomic E-state index is 2.84. The lowest BCUT2D eigenvalue weighted by molar-refractivity contribution is 0.637. The van der Waals surface area contributed by atoms with Gasteiger partial charge in [0.05, 0.1) is 0 Å². The predicted octanol–water partition coefficient (Wildman–Crippen LogP) is -0.311. The van der Waals surface area contributed by atoms with Crippen molar-refractivity contribution in [3.05, 3.63) is 18.7 Å². The Morgan fingerprint density at radius 1 is 1.67 bits per heavy atom. The van der Waals surface area contributed by atoms with Crippen LogP contribution in [-0.2, 0) is 0 Å². The third-order valence-corrected chi connectivity index (χ3v) is 0.582. The van der Waals surface area contributed by atoms with Crippen LogP contribution in [0.5, 0.6) is 0 Å². The van der Waals surface area contributed by atoms with Gasteiger partial charge in [0.1, 0.15) is 6.54 Å². The molecular weight excluding hydrogens is 76.1 g/mol. The molecule has 1 rings (SSSR count). The summed E-state index contributed by atoms with van der Waals surface area (Å²) in [6.07, 6.45) is 3.83. The molecule has 2 radical (unpaired) electrons. The first-order valence-electron chi connectivity index (χ1n) is 1.88. The highest BCUT2D eigenvalue weighted by molar-refractivity contribution is 4.96. The van der Waals surface area contributed by atoms with Crippen molar-refractivity contribution in [2.24, 2.45) is 0 Å². The molecule has 0 atom stereocenters. The molecule has 0 amide bonds. The van der Waals surface area contributed by atoms with E-state index in [2.05, 4.69) is 17.4 Å². The zero-order chi connectivity index (χ0) is 4.24. The number of nitrogens with one attached hydrogen (secondary N) is 2. The average Bonchev–Trinajstić information content (AvgIpc) is 1.72. The van der Waals surface area contributed by atoms with Crippen molar-refractivity contribution in [2.75, 3.05) is 6.54 Å². The van der Waals surface area contributed by atoms with Crippen molar-refractivity contribution in [2.45, 2.75) is 0 Å². The van der Waals surface area contributed by atoms with Gasteiger partial charge in [-0.2, -0.15) is 0 Å². The van der Waals surface area contributed by atoms with Crippen LogP contribution in [0.1, 0.15) is 0 Å². The van der Waals surface area contributed by atoms with Gasteiger partial charge >= 0.3 is 0 Å². The van der Waals surface area contributed by atoms with E-state index in [0.717, 1.165) is 6.54 Å². The molecule has 1 aliphatic rings. The first-order valence-corrected chi connectivity index (χ1v) is 1.88. The van der Waals surface area contributed by atoms with Gasteiger partial charge in [-0.05, 0) is 0 Å². The van der Waals surface area contributed by atoms with Crippen LogP contribution in [-0.4, -0.2) is 6.54 Å². The van der Waals surface area contributed by atoms with E-state index in [-0.39, 0.29) is 0 Å². The van der Waals surface area contributed by atoms with Gasteiger partial charge in [0, 0.05) is 6.54 Å². The minimum atomic E-state index is 0.896. The second-order valence-electron chi connectivity index (χ2n) is 1.05. The lowest BCUT2D eigenvalue weighted by Crippen LogP contribution is -2.31. The third kappa shape index (κ3) is 0.808. The standard InChI is InChI=1S/C4H6N2/c1-2-4-6-5-3-1/h1-2,5-6H,3H2. The van der Waals surface area contributed by atoms with Crippen molar-refractivity contribution >= 4 is 0 Å². The largest absolute Gasteiger partial charge is 0.253 e. The Morgan fingerprint density at radius 3 is 2.83 bits per heavy atom. The SMILES string of the molecule is [C]1C=CCNN1. The molecule has 0 aromatic rings. The van der Waals surface area contributed by atoms with E-state index in [1.54, 1.807) is 0 Å². The molecule has 32 valence electrons. The molecule has 0 saturated carbocycles. The van der Waals surface area contributed by atoms with Crippen LogP contribution < -0.4 is 10.9 Å². The normalized spacial score (nSPS) is 21.3. The van der Waals surface area contributed by atoms with E-state index in [1.165, 1.54) is 0 Å².